The second kappa shape index (κ2) is 10.6. The van der Waals surface area contributed by atoms with Crippen molar-refractivity contribution in [3.63, 3.8) is 0 Å². The van der Waals surface area contributed by atoms with Gasteiger partial charge in [-0.15, -0.1) is 0 Å². The van der Waals surface area contributed by atoms with Gasteiger partial charge in [-0.1, -0.05) is 6.07 Å². The van der Waals surface area contributed by atoms with Crippen molar-refractivity contribution >= 4 is 33.5 Å². The lowest BCUT2D eigenvalue weighted by Crippen LogP contribution is -2.45. The lowest BCUT2D eigenvalue weighted by Gasteiger charge is -2.31. The SMILES string of the molecule is COc1ncc(-c2ccc3nc(N)n(CCN4CCOCC4)c3c2)cc1S(=O)(=O)N(OC=O)C(C)(C)C. The third kappa shape index (κ3) is 5.54. The molecule has 1 saturated heterocycles. The van der Waals surface area contributed by atoms with Crippen molar-refractivity contribution in [3.8, 4) is 17.0 Å². The summed E-state index contributed by atoms with van der Waals surface area (Å²) in [5.41, 5.74) is 7.98. The fourth-order valence-electron chi connectivity index (χ4n) is 4.25. The first-order valence-corrected chi connectivity index (χ1v) is 13.3. The molecule has 0 radical (unpaired) electrons. The van der Waals surface area contributed by atoms with E-state index >= 15 is 0 Å². The van der Waals surface area contributed by atoms with Crippen LogP contribution in [-0.4, -0.2) is 84.3 Å². The largest absolute Gasteiger partial charge is 0.480 e. The van der Waals surface area contributed by atoms with Crippen LogP contribution >= 0.6 is 0 Å². The van der Waals surface area contributed by atoms with Crippen LogP contribution in [0.3, 0.4) is 0 Å². The van der Waals surface area contributed by atoms with Crippen molar-refractivity contribution in [2.45, 2.75) is 37.8 Å². The van der Waals surface area contributed by atoms with E-state index in [1.165, 1.54) is 19.4 Å². The van der Waals surface area contributed by atoms with Gasteiger partial charge in [-0.05, 0) is 49.0 Å². The summed E-state index contributed by atoms with van der Waals surface area (Å²) in [5, 5.41) is 0. The van der Waals surface area contributed by atoms with Gasteiger partial charge in [0, 0.05) is 37.9 Å². The van der Waals surface area contributed by atoms with Gasteiger partial charge in [-0.3, -0.25) is 9.69 Å². The summed E-state index contributed by atoms with van der Waals surface area (Å²) in [6.07, 6.45) is 1.53. The van der Waals surface area contributed by atoms with Crippen LogP contribution in [0.2, 0.25) is 0 Å². The smallest absolute Gasteiger partial charge is 0.314 e. The predicted octanol–water partition coefficient (Wildman–Crippen LogP) is 1.90. The number of carbonyl (C=O) groups is 1. The highest BCUT2D eigenvalue weighted by molar-refractivity contribution is 7.89. The van der Waals surface area contributed by atoms with E-state index < -0.39 is 15.6 Å². The number of hydroxylamine groups is 1. The zero-order valence-corrected chi connectivity index (χ0v) is 22.2. The van der Waals surface area contributed by atoms with Gasteiger partial charge in [0.2, 0.25) is 11.8 Å². The predicted molar refractivity (Wildman–Crippen MR) is 137 cm³/mol. The molecule has 37 heavy (non-hydrogen) atoms. The summed E-state index contributed by atoms with van der Waals surface area (Å²) in [7, 11) is -3.00. The van der Waals surface area contributed by atoms with Crippen LogP contribution in [0.15, 0.2) is 35.4 Å². The van der Waals surface area contributed by atoms with Crippen LogP contribution in [0.25, 0.3) is 22.2 Å². The average Bonchev–Trinajstić information content (AvgIpc) is 3.19. The maximum atomic E-state index is 13.5. The first-order chi connectivity index (χ1) is 17.6. The zero-order valence-electron chi connectivity index (χ0n) is 21.4. The highest BCUT2D eigenvalue weighted by Gasteiger charge is 2.39. The second-order valence-electron chi connectivity index (χ2n) is 9.62. The molecule has 2 aromatic heterocycles. The number of carbonyl (C=O) groups excluding carboxylic acids is 1. The second-order valence-corrected chi connectivity index (χ2v) is 11.3. The number of fused-ring (bicyclic) bond motifs is 1. The van der Waals surface area contributed by atoms with E-state index in [1.807, 2.05) is 22.8 Å². The van der Waals surface area contributed by atoms with Gasteiger partial charge >= 0.3 is 6.47 Å². The lowest BCUT2D eigenvalue weighted by molar-refractivity contribution is -0.165. The van der Waals surface area contributed by atoms with Gasteiger partial charge in [0.25, 0.3) is 10.0 Å². The molecule has 12 nitrogen and oxygen atoms in total. The monoisotopic (exact) mass is 532 g/mol. The summed E-state index contributed by atoms with van der Waals surface area (Å²) in [6, 6.07) is 7.01. The number of hydrogen-bond acceptors (Lipinski definition) is 10. The highest BCUT2D eigenvalue weighted by atomic mass is 32.2. The molecule has 1 fully saturated rings. The molecule has 1 aliphatic heterocycles. The van der Waals surface area contributed by atoms with Crippen molar-refractivity contribution in [1.29, 1.82) is 0 Å². The van der Waals surface area contributed by atoms with Crippen molar-refractivity contribution in [2.24, 2.45) is 0 Å². The number of morpholine rings is 1. The van der Waals surface area contributed by atoms with Gasteiger partial charge in [-0.25, -0.2) is 18.4 Å². The van der Waals surface area contributed by atoms with Crippen LogP contribution in [0.1, 0.15) is 20.8 Å². The molecule has 1 aromatic carbocycles. The van der Waals surface area contributed by atoms with Crippen LogP contribution in [0.4, 0.5) is 5.95 Å². The molecule has 0 spiro atoms. The van der Waals surface area contributed by atoms with Gasteiger partial charge < -0.3 is 24.6 Å². The fourth-order valence-corrected chi connectivity index (χ4v) is 5.93. The Morgan fingerprint density at radius 3 is 2.54 bits per heavy atom. The molecule has 2 N–H and O–H groups in total. The van der Waals surface area contributed by atoms with E-state index in [4.69, 9.17) is 20.0 Å². The van der Waals surface area contributed by atoms with Crippen molar-refractivity contribution in [1.82, 2.24) is 23.9 Å². The zero-order chi connectivity index (χ0) is 26.8. The van der Waals surface area contributed by atoms with Gasteiger partial charge in [0.05, 0.1) is 36.9 Å². The Labute approximate surface area is 215 Å². The van der Waals surface area contributed by atoms with E-state index in [0.29, 0.717) is 41.3 Å². The summed E-state index contributed by atoms with van der Waals surface area (Å²) < 4.78 is 40.3. The van der Waals surface area contributed by atoms with Crippen LogP contribution in [0, 0.1) is 0 Å². The van der Waals surface area contributed by atoms with Crippen molar-refractivity contribution in [2.75, 3.05) is 45.7 Å². The molecule has 0 saturated carbocycles. The van der Waals surface area contributed by atoms with Crippen molar-refractivity contribution in [3.05, 3.63) is 30.5 Å². The Hall–Kier alpha value is -3.26. The van der Waals surface area contributed by atoms with Crippen LogP contribution in [-0.2, 0) is 30.9 Å². The number of imidazole rings is 1. The molecule has 0 atom stereocenters. The van der Waals surface area contributed by atoms with E-state index in [1.54, 1.807) is 20.8 Å². The number of nitrogen functional groups attached to an aromatic ring is 1. The number of pyridine rings is 1. The number of nitrogens with two attached hydrogens (primary N) is 1. The maximum Gasteiger partial charge on any atom is 0.314 e. The molecule has 0 amide bonds. The molecule has 13 heteroatoms. The number of nitrogens with zero attached hydrogens (tertiary/aromatic N) is 5. The van der Waals surface area contributed by atoms with Crippen LogP contribution in [0.5, 0.6) is 5.88 Å². The molecule has 0 aliphatic carbocycles. The van der Waals surface area contributed by atoms with Crippen molar-refractivity contribution < 1.29 is 27.5 Å². The Morgan fingerprint density at radius 2 is 1.89 bits per heavy atom. The Bertz CT molecular complexity index is 1380. The molecular weight excluding hydrogens is 500 g/mol. The average molecular weight is 533 g/mol. The van der Waals surface area contributed by atoms with Crippen LogP contribution < -0.4 is 10.5 Å². The van der Waals surface area contributed by atoms with E-state index in [2.05, 4.69) is 14.9 Å². The molecule has 1 aliphatic rings. The summed E-state index contributed by atoms with van der Waals surface area (Å²) in [6.45, 7) is 9.50. The van der Waals surface area contributed by atoms with E-state index in [0.717, 1.165) is 30.7 Å². The maximum absolute atomic E-state index is 13.5. The number of hydrogen-bond donors (Lipinski definition) is 1. The normalized spacial score (nSPS) is 15.3. The minimum absolute atomic E-state index is 0.0724. The highest BCUT2D eigenvalue weighted by Crippen LogP contribution is 2.34. The van der Waals surface area contributed by atoms with Gasteiger partial charge in [0.15, 0.2) is 0 Å². The fraction of sp³-hybridized carbons (Fsp3) is 0.458. The Balaban J connectivity index is 1.73. The number of methoxy groups -OCH3 is 1. The van der Waals surface area contributed by atoms with Gasteiger partial charge in [-0.2, -0.15) is 0 Å². The minimum Gasteiger partial charge on any atom is -0.480 e. The van der Waals surface area contributed by atoms with E-state index in [9.17, 15) is 13.2 Å². The molecule has 3 aromatic rings. The topological polar surface area (TPSA) is 142 Å². The third-order valence-corrected chi connectivity index (χ3v) is 7.97. The number of aromatic nitrogens is 3. The van der Waals surface area contributed by atoms with Gasteiger partial charge in [0.1, 0.15) is 4.90 Å². The first kappa shape index (κ1) is 26.8. The molecule has 200 valence electrons. The number of sulfonamides is 1. The molecule has 4 rings (SSSR count). The third-order valence-electron chi connectivity index (χ3n) is 6.05. The standard InChI is InChI=1S/C24H32N6O6S/c1-24(2,3)30(36-16-31)37(32,33)21-14-18(15-26-22(21)34-4)17-5-6-19-20(13-17)29(23(25)27-19)8-7-28-9-11-35-12-10-28/h5-6,13-16H,7-12H2,1-4H3,(H2,25,27). The lowest BCUT2D eigenvalue weighted by atomic mass is 10.1. The number of ether oxygens (including phenoxy) is 2. The number of benzene rings is 1. The summed E-state index contributed by atoms with van der Waals surface area (Å²) in [5.74, 6) is 0.289. The first-order valence-electron chi connectivity index (χ1n) is 11.8. The summed E-state index contributed by atoms with van der Waals surface area (Å²) in [4.78, 5) is 26.7. The quantitative estimate of drug-likeness (QED) is 0.321. The molecular formula is C24H32N6O6S. The number of anilines is 1. The molecule has 0 unspecified atom stereocenters. The molecule has 0 bridgehead atoms. The Morgan fingerprint density at radius 1 is 1.16 bits per heavy atom. The number of rotatable bonds is 9. The molecule has 3 heterocycles. The summed E-state index contributed by atoms with van der Waals surface area (Å²) >= 11 is 0. The Kier molecular flexibility index (Phi) is 7.69. The minimum atomic E-state index is -4.32. The van der Waals surface area contributed by atoms with E-state index in [-0.39, 0.29) is 17.2 Å².